The Morgan fingerprint density at radius 3 is 2.78 bits per heavy atom. The number of ether oxygens (including phenoxy) is 1. The summed E-state index contributed by atoms with van der Waals surface area (Å²) < 4.78 is 24.6. The minimum atomic E-state index is -0.309. The van der Waals surface area contributed by atoms with Gasteiger partial charge in [0.25, 0.3) is 0 Å². The number of aliphatic hydroxyl groups is 1. The molecular weight excluding hydrogens is 349 g/mol. The van der Waals surface area contributed by atoms with Crippen LogP contribution < -0.4 is 10.1 Å². The maximum atomic E-state index is 13.7. The van der Waals surface area contributed by atoms with Crippen molar-refractivity contribution in [2.75, 3.05) is 11.9 Å². The summed E-state index contributed by atoms with van der Waals surface area (Å²) in [5.74, 6) is 1.06. The summed E-state index contributed by atoms with van der Waals surface area (Å²) in [6, 6.07) is 10.0. The third-order valence-corrected chi connectivity index (χ3v) is 4.16. The topological polar surface area (TPSA) is 80.4 Å². The van der Waals surface area contributed by atoms with E-state index < -0.39 is 0 Å². The smallest absolute Gasteiger partial charge is 0.249 e. The van der Waals surface area contributed by atoms with Crippen LogP contribution in [0, 0.1) is 12.7 Å². The highest BCUT2D eigenvalue weighted by Gasteiger charge is 2.16. The lowest BCUT2D eigenvalue weighted by Gasteiger charge is -2.14. The van der Waals surface area contributed by atoms with Crippen molar-refractivity contribution in [3.63, 3.8) is 0 Å². The fourth-order valence-corrected chi connectivity index (χ4v) is 2.66. The van der Waals surface area contributed by atoms with Gasteiger partial charge in [0.15, 0.2) is 0 Å². The van der Waals surface area contributed by atoms with Gasteiger partial charge in [-0.1, -0.05) is 17.3 Å². The summed E-state index contributed by atoms with van der Waals surface area (Å²) in [6.45, 7) is 5.87. The van der Waals surface area contributed by atoms with Crippen LogP contribution in [0.25, 0.3) is 11.4 Å². The third kappa shape index (κ3) is 4.25. The van der Waals surface area contributed by atoms with Gasteiger partial charge < -0.3 is 19.7 Å². The SMILES string of the molecule is CCOc1ccc(NC(C)c2nc(-c3ccc(C)c(F)c3)no2)cc1CO. The van der Waals surface area contributed by atoms with Crippen LogP contribution in [0.2, 0.25) is 0 Å². The zero-order chi connectivity index (χ0) is 19.4. The Hall–Kier alpha value is -2.93. The molecule has 0 bridgehead atoms. The van der Waals surface area contributed by atoms with E-state index in [1.54, 1.807) is 25.1 Å². The molecule has 0 amide bonds. The van der Waals surface area contributed by atoms with E-state index in [1.807, 2.05) is 26.0 Å². The first-order chi connectivity index (χ1) is 13.0. The summed E-state index contributed by atoms with van der Waals surface area (Å²) in [7, 11) is 0. The Labute approximate surface area is 157 Å². The number of nitrogens with zero attached hydrogens (tertiary/aromatic N) is 2. The van der Waals surface area contributed by atoms with Crippen LogP contribution in [0.5, 0.6) is 5.75 Å². The summed E-state index contributed by atoms with van der Waals surface area (Å²) >= 11 is 0. The van der Waals surface area contributed by atoms with Gasteiger partial charge in [-0.2, -0.15) is 4.98 Å². The van der Waals surface area contributed by atoms with Gasteiger partial charge in [0.2, 0.25) is 11.7 Å². The standard InChI is InChI=1S/C20H22FN3O3/c1-4-26-18-8-7-16(9-15(18)11-25)22-13(3)20-23-19(24-27-20)14-6-5-12(2)17(21)10-14/h5-10,13,22,25H,4,11H2,1-3H3. The molecule has 1 unspecified atom stereocenters. The van der Waals surface area contributed by atoms with Crippen LogP contribution in [0.15, 0.2) is 40.9 Å². The molecule has 3 rings (SSSR count). The van der Waals surface area contributed by atoms with E-state index in [9.17, 15) is 9.50 Å². The number of aryl methyl sites for hydroxylation is 1. The van der Waals surface area contributed by atoms with E-state index in [2.05, 4.69) is 15.5 Å². The van der Waals surface area contributed by atoms with E-state index in [0.29, 0.717) is 40.8 Å². The molecule has 0 aliphatic carbocycles. The van der Waals surface area contributed by atoms with Gasteiger partial charge in [-0.15, -0.1) is 0 Å². The largest absolute Gasteiger partial charge is 0.494 e. The summed E-state index contributed by atoms with van der Waals surface area (Å²) in [4.78, 5) is 4.36. The number of hydrogen-bond donors (Lipinski definition) is 2. The molecule has 1 atom stereocenters. The predicted molar refractivity (Wildman–Crippen MR) is 100 cm³/mol. The average Bonchev–Trinajstić information content (AvgIpc) is 3.15. The number of nitrogens with one attached hydrogen (secondary N) is 1. The molecule has 3 aromatic rings. The quantitative estimate of drug-likeness (QED) is 0.646. The fourth-order valence-electron chi connectivity index (χ4n) is 2.66. The van der Waals surface area contributed by atoms with Crippen molar-refractivity contribution < 1.29 is 18.8 Å². The van der Waals surface area contributed by atoms with E-state index in [1.165, 1.54) is 6.07 Å². The lowest BCUT2D eigenvalue weighted by Crippen LogP contribution is -2.08. The van der Waals surface area contributed by atoms with Gasteiger partial charge in [-0.3, -0.25) is 0 Å². The molecule has 0 spiro atoms. The van der Waals surface area contributed by atoms with Crippen LogP contribution in [0.4, 0.5) is 10.1 Å². The highest BCUT2D eigenvalue weighted by molar-refractivity contribution is 5.55. The molecule has 0 saturated heterocycles. The predicted octanol–water partition coefficient (Wildman–Crippen LogP) is 4.25. The van der Waals surface area contributed by atoms with E-state index in [4.69, 9.17) is 9.26 Å². The third-order valence-electron chi connectivity index (χ3n) is 4.16. The van der Waals surface area contributed by atoms with E-state index in [0.717, 1.165) is 5.69 Å². The number of aliphatic hydroxyl groups excluding tert-OH is 1. The zero-order valence-corrected chi connectivity index (χ0v) is 15.5. The average molecular weight is 371 g/mol. The Balaban J connectivity index is 1.76. The molecule has 0 aliphatic rings. The summed E-state index contributed by atoms with van der Waals surface area (Å²) in [6.07, 6.45) is 0. The Morgan fingerprint density at radius 2 is 2.07 bits per heavy atom. The van der Waals surface area contributed by atoms with Crippen LogP contribution in [-0.2, 0) is 6.61 Å². The molecule has 0 saturated carbocycles. The summed E-state index contributed by atoms with van der Waals surface area (Å²) in [5.41, 5.74) is 2.60. The first-order valence-corrected chi connectivity index (χ1v) is 8.75. The maximum absolute atomic E-state index is 13.7. The number of anilines is 1. The van der Waals surface area contributed by atoms with Crippen molar-refractivity contribution in [3.8, 4) is 17.1 Å². The molecule has 7 heteroatoms. The monoisotopic (exact) mass is 371 g/mol. The molecule has 2 aromatic carbocycles. The highest BCUT2D eigenvalue weighted by Crippen LogP contribution is 2.27. The molecule has 27 heavy (non-hydrogen) atoms. The number of hydrogen-bond acceptors (Lipinski definition) is 6. The molecular formula is C20H22FN3O3. The number of aromatic nitrogens is 2. The van der Waals surface area contributed by atoms with Crippen molar-refractivity contribution in [1.82, 2.24) is 10.1 Å². The molecule has 1 aromatic heterocycles. The van der Waals surface area contributed by atoms with E-state index in [-0.39, 0.29) is 18.5 Å². The minimum absolute atomic E-state index is 0.122. The number of halogens is 1. The second-order valence-corrected chi connectivity index (χ2v) is 6.20. The van der Waals surface area contributed by atoms with Gasteiger partial charge in [-0.05, 0) is 50.6 Å². The van der Waals surface area contributed by atoms with Gasteiger partial charge in [0.05, 0.1) is 13.2 Å². The van der Waals surface area contributed by atoms with Gasteiger partial charge in [0.1, 0.15) is 17.6 Å². The van der Waals surface area contributed by atoms with Crippen LogP contribution >= 0.6 is 0 Å². The molecule has 142 valence electrons. The lowest BCUT2D eigenvalue weighted by atomic mass is 10.1. The van der Waals surface area contributed by atoms with Gasteiger partial charge >= 0.3 is 0 Å². The first-order valence-electron chi connectivity index (χ1n) is 8.75. The second-order valence-electron chi connectivity index (χ2n) is 6.20. The Kier molecular flexibility index (Phi) is 5.71. The van der Waals surface area contributed by atoms with Crippen molar-refractivity contribution in [1.29, 1.82) is 0 Å². The maximum Gasteiger partial charge on any atom is 0.249 e. The molecule has 2 N–H and O–H groups in total. The second kappa shape index (κ2) is 8.18. The normalized spacial score (nSPS) is 12.0. The number of rotatable bonds is 7. The highest BCUT2D eigenvalue weighted by atomic mass is 19.1. The number of benzene rings is 2. The van der Waals surface area contributed by atoms with Gasteiger partial charge in [-0.25, -0.2) is 4.39 Å². The molecule has 1 heterocycles. The zero-order valence-electron chi connectivity index (χ0n) is 15.5. The minimum Gasteiger partial charge on any atom is -0.494 e. The van der Waals surface area contributed by atoms with Crippen LogP contribution in [-0.4, -0.2) is 21.9 Å². The molecule has 6 nitrogen and oxygen atoms in total. The Morgan fingerprint density at radius 1 is 1.26 bits per heavy atom. The molecule has 0 fully saturated rings. The van der Waals surface area contributed by atoms with Crippen molar-refractivity contribution in [3.05, 3.63) is 59.2 Å². The van der Waals surface area contributed by atoms with Crippen molar-refractivity contribution in [2.45, 2.75) is 33.4 Å². The molecule has 0 aliphatic heterocycles. The Bertz CT molecular complexity index is 927. The summed E-state index contributed by atoms with van der Waals surface area (Å²) in [5, 5.41) is 16.7. The van der Waals surface area contributed by atoms with Crippen molar-refractivity contribution in [2.24, 2.45) is 0 Å². The van der Waals surface area contributed by atoms with Crippen LogP contribution in [0.1, 0.15) is 36.9 Å². The van der Waals surface area contributed by atoms with E-state index >= 15 is 0 Å². The van der Waals surface area contributed by atoms with Gasteiger partial charge in [0, 0.05) is 16.8 Å². The molecule has 0 radical (unpaired) electrons. The lowest BCUT2D eigenvalue weighted by molar-refractivity contribution is 0.267. The van der Waals surface area contributed by atoms with Crippen molar-refractivity contribution >= 4 is 5.69 Å². The fraction of sp³-hybridized carbons (Fsp3) is 0.300. The van der Waals surface area contributed by atoms with Crippen LogP contribution in [0.3, 0.4) is 0 Å². The first kappa shape index (κ1) is 18.8.